The number of rotatable bonds is 8. The van der Waals surface area contributed by atoms with Gasteiger partial charge in [-0.25, -0.2) is 19.2 Å². The summed E-state index contributed by atoms with van der Waals surface area (Å²) in [5, 5.41) is 0. The van der Waals surface area contributed by atoms with Crippen LogP contribution >= 0.6 is 0 Å². The predicted octanol–water partition coefficient (Wildman–Crippen LogP) is 4.44. The van der Waals surface area contributed by atoms with Gasteiger partial charge in [0, 0.05) is 38.1 Å². The fourth-order valence-corrected chi connectivity index (χ4v) is 6.32. The highest BCUT2D eigenvalue weighted by Gasteiger charge is 2.46. The second-order valence-electron chi connectivity index (χ2n) is 12.2. The molecular formula is C30H41FN6O4. The van der Waals surface area contributed by atoms with E-state index in [0.717, 1.165) is 71.2 Å². The lowest BCUT2D eigenvalue weighted by atomic mass is 9.71. The fraction of sp³-hybridized carbons (Fsp3) is 0.600. The van der Waals surface area contributed by atoms with E-state index in [1.807, 2.05) is 13.8 Å². The molecule has 10 nitrogen and oxygen atoms in total. The molecule has 0 bridgehead atoms. The van der Waals surface area contributed by atoms with Crippen molar-refractivity contribution in [2.24, 2.45) is 17.1 Å². The average molecular weight is 569 g/mol. The Hall–Kier alpha value is -3.47. The molecule has 3 aliphatic rings. The number of nitrogens with zero attached hydrogens (tertiary/aromatic N) is 5. The summed E-state index contributed by atoms with van der Waals surface area (Å²) >= 11 is 0. The third-order valence-electron chi connectivity index (χ3n) is 9.01. The van der Waals surface area contributed by atoms with Crippen molar-refractivity contribution in [2.75, 3.05) is 44.7 Å². The molecule has 5 rings (SSSR count). The average Bonchev–Trinajstić information content (AvgIpc) is 2.93. The first-order valence-electron chi connectivity index (χ1n) is 14.6. The highest BCUT2D eigenvalue weighted by atomic mass is 19.1. The molecule has 222 valence electrons. The molecule has 41 heavy (non-hydrogen) atoms. The number of likely N-dealkylation sites (tertiary alicyclic amines) is 1. The van der Waals surface area contributed by atoms with Crippen LogP contribution in [0.1, 0.15) is 62.7 Å². The molecular weight excluding hydrogens is 527 g/mol. The molecule has 2 amide bonds. The fourth-order valence-electron chi connectivity index (χ4n) is 6.32. The zero-order chi connectivity index (χ0) is 29.1. The molecule has 1 spiro atoms. The molecule has 3 fully saturated rings. The van der Waals surface area contributed by atoms with Crippen molar-refractivity contribution in [1.29, 1.82) is 0 Å². The maximum Gasteiger partial charge on any atom is 0.404 e. The summed E-state index contributed by atoms with van der Waals surface area (Å²) in [6.45, 7) is 8.81. The smallest absolute Gasteiger partial charge is 0.404 e. The van der Waals surface area contributed by atoms with Crippen molar-refractivity contribution < 1.29 is 23.5 Å². The van der Waals surface area contributed by atoms with Gasteiger partial charge >= 0.3 is 6.09 Å². The van der Waals surface area contributed by atoms with Crippen molar-refractivity contribution in [3.05, 3.63) is 42.1 Å². The summed E-state index contributed by atoms with van der Waals surface area (Å²) < 4.78 is 25.5. The molecule has 0 radical (unpaired) electrons. The van der Waals surface area contributed by atoms with E-state index in [4.69, 9.17) is 15.2 Å². The number of aromatic nitrogens is 2. The maximum atomic E-state index is 14.1. The SMILES string of the molecule is CC(C)N(C)C(=O)c1cc(F)ccc1Oc1cncnc1N1CC2(CCN(CC3CCC(OC(N)=O)CC3)CC2)C1. The Bertz CT molecular complexity index is 1240. The van der Waals surface area contributed by atoms with E-state index in [2.05, 4.69) is 19.8 Å². The number of halogens is 1. The molecule has 1 aromatic heterocycles. The van der Waals surface area contributed by atoms with Gasteiger partial charge in [0.25, 0.3) is 5.91 Å². The maximum absolute atomic E-state index is 14.1. The highest BCUT2D eigenvalue weighted by Crippen LogP contribution is 2.45. The lowest BCUT2D eigenvalue weighted by Crippen LogP contribution is -2.61. The van der Waals surface area contributed by atoms with Gasteiger partial charge in [0.2, 0.25) is 0 Å². The van der Waals surface area contributed by atoms with Crippen LogP contribution < -0.4 is 15.4 Å². The van der Waals surface area contributed by atoms with E-state index in [1.54, 1.807) is 18.1 Å². The van der Waals surface area contributed by atoms with Crippen molar-refractivity contribution in [1.82, 2.24) is 19.8 Å². The molecule has 1 saturated carbocycles. The van der Waals surface area contributed by atoms with E-state index in [-0.39, 0.29) is 34.8 Å². The summed E-state index contributed by atoms with van der Waals surface area (Å²) in [4.78, 5) is 39.1. The van der Waals surface area contributed by atoms with Gasteiger partial charge in [-0.2, -0.15) is 0 Å². The number of anilines is 1. The lowest BCUT2D eigenvalue weighted by molar-refractivity contribution is 0.0430. The molecule has 0 unspecified atom stereocenters. The van der Waals surface area contributed by atoms with E-state index >= 15 is 0 Å². The van der Waals surface area contributed by atoms with Crippen LogP contribution in [0.2, 0.25) is 0 Å². The Labute approximate surface area is 241 Å². The van der Waals surface area contributed by atoms with E-state index < -0.39 is 11.9 Å². The molecule has 1 aliphatic carbocycles. The topological polar surface area (TPSA) is 114 Å². The van der Waals surface area contributed by atoms with Crippen LogP contribution in [-0.4, -0.2) is 83.7 Å². The van der Waals surface area contributed by atoms with E-state index in [1.165, 1.54) is 24.5 Å². The summed E-state index contributed by atoms with van der Waals surface area (Å²) in [5.74, 6) is 1.24. The lowest BCUT2D eigenvalue weighted by Gasteiger charge is -2.54. The van der Waals surface area contributed by atoms with E-state index in [9.17, 15) is 14.0 Å². The number of carbonyl (C=O) groups is 2. The summed E-state index contributed by atoms with van der Waals surface area (Å²) in [5.41, 5.74) is 5.59. The Morgan fingerprint density at radius 2 is 1.85 bits per heavy atom. The van der Waals surface area contributed by atoms with Gasteiger partial charge in [0.1, 0.15) is 24.0 Å². The quantitative estimate of drug-likeness (QED) is 0.497. The number of benzene rings is 1. The first kappa shape index (κ1) is 29.0. The number of hydrogen-bond acceptors (Lipinski definition) is 8. The third kappa shape index (κ3) is 6.72. The van der Waals surface area contributed by atoms with Crippen molar-refractivity contribution in [2.45, 2.75) is 64.5 Å². The molecule has 2 N–H and O–H groups in total. The monoisotopic (exact) mass is 568 g/mol. The van der Waals surface area contributed by atoms with Crippen LogP contribution in [0.15, 0.2) is 30.7 Å². The van der Waals surface area contributed by atoms with Crippen molar-refractivity contribution >= 4 is 17.8 Å². The number of carbonyl (C=O) groups excluding carboxylic acids is 2. The van der Waals surface area contributed by atoms with E-state index in [0.29, 0.717) is 17.5 Å². The molecule has 2 aliphatic heterocycles. The standard InChI is InChI=1S/C30H41FN6O4/c1-20(2)35(3)28(38)24-14-22(31)6-9-25(24)41-26-15-33-19-34-27(26)37-17-30(18-37)10-12-36(13-11-30)16-21-4-7-23(8-5-21)40-29(32)39/h6,9,14-15,19-21,23H,4-5,7-8,10-13,16-18H2,1-3H3,(H2,32,39). The number of amides is 2. The van der Waals surface area contributed by atoms with Gasteiger partial charge < -0.3 is 29.9 Å². The van der Waals surface area contributed by atoms with Crippen LogP contribution in [0.5, 0.6) is 11.5 Å². The minimum Gasteiger partial charge on any atom is -0.451 e. The molecule has 2 saturated heterocycles. The summed E-state index contributed by atoms with van der Waals surface area (Å²) in [7, 11) is 1.69. The van der Waals surface area contributed by atoms with Gasteiger partial charge in [-0.15, -0.1) is 0 Å². The van der Waals surface area contributed by atoms with Crippen LogP contribution in [-0.2, 0) is 4.74 Å². The van der Waals surface area contributed by atoms with Crippen LogP contribution in [0.3, 0.4) is 0 Å². The summed E-state index contributed by atoms with van der Waals surface area (Å²) in [6.07, 6.45) is 8.59. The zero-order valence-corrected chi connectivity index (χ0v) is 24.2. The van der Waals surface area contributed by atoms with Crippen LogP contribution in [0.4, 0.5) is 15.0 Å². The Kier molecular flexibility index (Phi) is 8.63. The van der Waals surface area contributed by atoms with Gasteiger partial charge in [0.05, 0.1) is 11.8 Å². The Morgan fingerprint density at radius 3 is 2.51 bits per heavy atom. The van der Waals surface area contributed by atoms with Crippen LogP contribution in [0, 0.1) is 17.2 Å². The largest absolute Gasteiger partial charge is 0.451 e. The minimum atomic E-state index is -0.672. The number of ether oxygens (including phenoxy) is 2. The van der Waals surface area contributed by atoms with Gasteiger partial charge in [-0.1, -0.05) is 0 Å². The summed E-state index contributed by atoms with van der Waals surface area (Å²) in [6, 6.07) is 3.94. The first-order chi connectivity index (χ1) is 19.6. The number of hydrogen-bond donors (Lipinski definition) is 1. The Morgan fingerprint density at radius 1 is 1.15 bits per heavy atom. The minimum absolute atomic E-state index is 0.0264. The normalized spacial score (nSPS) is 22.3. The zero-order valence-electron chi connectivity index (χ0n) is 24.2. The second-order valence-corrected chi connectivity index (χ2v) is 12.2. The number of piperidine rings is 1. The molecule has 11 heteroatoms. The third-order valence-corrected chi connectivity index (χ3v) is 9.01. The van der Waals surface area contributed by atoms with Gasteiger partial charge in [-0.3, -0.25) is 4.79 Å². The molecule has 3 heterocycles. The number of nitrogens with two attached hydrogens (primary N) is 1. The molecule has 0 atom stereocenters. The first-order valence-corrected chi connectivity index (χ1v) is 14.6. The van der Waals surface area contributed by atoms with Gasteiger partial charge in [0.15, 0.2) is 11.6 Å². The van der Waals surface area contributed by atoms with Crippen LogP contribution in [0.25, 0.3) is 0 Å². The van der Waals surface area contributed by atoms with Gasteiger partial charge in [-0.05, 0) is 89.6 Å². The Balaban J connectivity index is 1.17. The second kappa shape index (κ2) is 12.2. The number of primary amides is 1. The van der Waals surface area contributed by atoms with Crippen molar-refractivity contribution in [3.63, 3.8) is 0 Å². The molecule has 1 aromatic carbocycles. The highest BCUT2D eigenvalue weighted by molar-refractivity contribution is 5.97. The van der Waals surface area contributed by atoms with Crippen molar-refractivity contribution in [3.8, 4) is 11.5 Å². The predicted molar refractivity (Wildman–Crippen MR) is 152 cm³/mol. The molecule has 2 aromatic rings.